The zero-order valence-corrected chi connectivity index (χ0v) is 14.2. The van der Waals surface area contributed by atoms with E-state index in [1.54, 1.807) is 0 Å². The number of piperidine rings is 1. The van der Waals surface area contributed by atoms with Gasteiger partial charge in [0.05, 0.1) is 30.9 Å². The summed E-state index contributed by atoms with van der Waals surface area (Å²) in [5, 5.41) is 3.41. The lowest BCUT2D eigenvalue weighted by molar-refractivity contribution is -0.148. The van der Waals surface area contributed by atoms with Gasteiger partial charge in [0.15, 0.2) is 0 Å². The number of ether oxygens (including phenoxy) is 1. The number of hydrogen-bond donors (Lipinski definition) is 1. The van der Waals surface area contributed by atoms with Crippen molar-refractivity contribution in [1.29, 1.82) is 0 Å². The van der Waals surface area contributed by atoms with Crippen LogP contribution in [0.1, 0.15) is 19.3 Å². The van der Waals surface area contributed by atoms with Crippen LogP contribution >= 0.6 is 0 Å². The highest BCUT2D eigenvalue weighted by Gasteiger charge is 2.29. The predicted octanol–water partition coefficient (Wildman–Crippen LogP) is 1.72. The molecular formula is C18H25N3O3. The number of amides is 1. The number of rotatable bonds is 3. The van der Waals surface area contributed by atoms with E-state index >= 15 is 0 Å². The van der Waals surface area contributed by atoms with Crippen molar-refractivity contribution in [2.24, 2.45) is 5.92 Å². The van der Waals surface area contributed by atoms with Gasteiger partial charge in [0.2, 0.25) is 5.91 Å². The number of methoxy groups -OCH3 is 1. The molecule has 1 aromatic carbocycles. The maximum absolute atomic E-state index is 12.7. The van der Waals surface area contributed by atoms with Gasteiger partial charge in [-0.1, -0.05) is 12.1 Å². The zero-order chi connectivity index (χ0) is 16.9. The zero-order valence-electron chi connectivity index (χ0n) is 14.2. The maximum Gasteiger partial charge on any atom is 0.308 e. The molecule has 1 aromatic rings. The summed E-state index contributed by atoms with van der Waals surface area (Å²) in [6, 6.07) is 8.13. The van der Waals surface area contributed by atoms with Gasteiger partial charge in [-0.15, -0.1) is 0 Å². The molecule has 0 saturated carbocycles. The van der Waals surface area contributed by atoms with Gasteiger partial charge < -0.3 is 19.9 Å². The molecule has 0 aliphatic carbocycles. The summed E-state index contributed by atoms with van der Waals surface area (Å²) in [4.78, 5) is 28.3. The molecule has 1 amide bonds. The SMILES string of the molecule is COC(=O)C1CCN(C(=O)CN2CCCNc3ccccc32)CC1. The van der Waals surface area contributed by atoms with Gasteiger partial charge in [-0.05, 0) is 31.4 Å². The number of carbonyl (C=O) groups excluding carboxylic acids is 2. The third-order valence-corrected chi connectivity index (χ3v) is 4.87. The molecule has 6 nitrogen and oxygen atoms in total. The molecule has 0 aromatic heterocycles. The quantitative estimate of drug-likeness (QED) is 0.855. The molecule has 0 spiro atoms. The van der Waals surface area contributed by atoms with E-state index in [1.165, 1.54) is 7.11 Å². The first-order valence-electron chi connectivity index (χ1n) is 8.62. The lowest BCUT2D eigenvalue weighted by Gasteiger charge is -2.33. The van der Waals surface area contributed by atoms with Crippen LogP contribution in [0, 0.1) is 5.92 Å². The Labute approximate surface area is 142 Å². The standard InChI is InChI=1S/C18H25N3O3/c1-24-18(23)14-7-11-20(12-8-14)17(22)13-21-10-4-9-19-15-5-2-3-6-16(15)21/h2-3,5-6,14,19H,4,7-13H2,1H3. The van der Waals surface area contributed by atoms with Crippen molar-refractivity contribution in [3.8, 4) is 0 Å². The molecule has 1 fully saturated rings. The lowest BCUT2D eigenvalue weighted by Crippen LogP contribution is -2.45. The fourth-order valence-electron chi connectivity index (χ4n) is 3.47. The molecule has 1 N–H and O–H groups in total. The van der Waals surface area contributed by atoms with Crippen molar-refractivity contribution in [1.82, 2.24) is 4.90 Å². The van der Waals surface area contributed by atoms with E-state index in [0.717, 1.165) is 30.9 Å². The highest BCUT2D eigenvalue weighted by molar-refractivity contribution is 5.84. The largest absolute Gasteiger partial charge is 0.469 e. The fraction of sp³-hybridized carbons (Fsp3) is 0.556. The Morgan fingerprint density at radius 3 is 2.71 bits per heavy atom. The molecule has 2 aliphatic rings. The van der Waals surface area contributed by atoms with Crippen LogP contribution in [0.4, 0.5) is 11.4 Å². The number of nitrogens with one attached hydrogen (secondary N) is 1. The molecule has 1 saturated heterocycles. The van der Waals surface area contributed by atoms with Crippen molar-refractivity contribution in [2.45, 2.75) is 19.3 Å². The Balaban J connectivity index is 1.60. The highest BCUT2D eigenvalue weighted by Crippen LogP contribution is 2.28. The van der Waals surface area contributed by atoms with Crippen LogP contribution in [0.5, 0.6) is 0 Å². The van der Waals surface area contributed by atoms with E-state index in [0.29, 0.717) is 32.5 Å². The molecule has 6 heteroatoms. The molecule has 130 valence electrons. The second kappa shape index (κ2) is 7.55. The minimum atomic E-state index is -0.158. The Hall–Kier alpha value is -2.24. The molecule has 3 rings (SSSR count). The number of para-hydroxylation sites is 2. The van der Waals surface area contributed by atoms with Crippen LogP contribution in [0.25, 0.3) is 0 Å². The van der Waals surface area contributed by atoms with Crippen molar-refractivity contribution in [2.75, 3.05) is 50.1 Å². The first kappa shape index (κ1) is 16.6. The van der Waals surface area contributed by atoms with Crippen LogP contribution in [-0.2, 0) is 14.3 Å². The number of hydrogen-bond acceptors (Lipinski definition) is 5. The summed E-state index contributed by atoms with van der Waals surface area (Å²) in [5.74, 6) is -0.0909. The second-order valence-electron chi connectivity index (χ2n) is 6.40. The first-order chi connectivity index (χ1) is 11.7. The average molecular weight is 331 g/mol. The monoisotopic (exact) mass is 331 g/mol. The van der Waals surface area contributed by atoms with E-state index in [-0.39, 0.29) is 17.8 Å². The van der Waals surface area contributed by atoms with Crippen molar-refractivity contribution in [3.05, 3.63) is 24.3 Å². The average Bonchev–Trinajstić information content (AvgIpc) is 2.83. The number of anilines is 2. The fourth-order valence-corrected chi connectivity index (χ4v) is 3.47. The smallest absolute Gasteiger partial charge is 0.308 e. The van der Waals surface area contributed by atoms with Crippen LogP contribution in [0.3, 0.4) is 0 Å². The molecule has 2 aliphatic heterocycles. The molecule has 0 unspecified atom stereocenters. The summed E-state index contributed by atoms with van der Waals surface area (Å²) in [7, 11) is 1.42. The second-order valence-corrected chi connectivity index (χ2v) is 6.40. The van der Waals surface area contributed by atoms with Gasteiger partial charge in [-0.25, -0.2) is 0 Å². The highest BCUT2D eigenvalue weighted by atomic mass is 16.5. The predicted molar refractivity (Wildman–Crippen MR) is 93.1 cm³/mol. The van der Waals surface area contributed by atoms with E-state index in [1.807, 2.05) is 17.0 Å². The summed E-state index contributed by atoms with van der Waals surface area (Å²) in [6.45, 7) is 3.45. The molecule has 0 atom stereocenters. The summed E-state index contributed by atoms with van der Waals surface area (Å²) in [5.41, 5.74) is 2.18. The molecule has 2 heterocycles. The third kappa shape index (κ3) is 3.63. The summed E-state index contributed by atoms with van der Waals surface area (Å²) in [6.07, 6.45) is 2.39. The number of likely N-dealkylation sites (tertiary alicyclic amines) is 1. The van der Waals surface area contributed by atoms with Crippen LogP contribution in [-0.4, -0.2) is 56.6 Å². The summed E-state index contributed by atoms with van der Waals surface area (Å²) < 4.78 is 4.80. The minimum absolute atomic E-state index is 0.0674. The Morgan fingerprint density at radius 2 is 1.96 bits per heavy atom. The number of nitrogens with zero attached hydrogens (tertiary/aromatic N) is 2. The lowest BCUT2D eigenvalue weighted by atomic mass is 9.97. The molecule has 0 radical (unpaired) electrons. The number of fused-ring (bicyclic) bond motifs is 1. The molecule has 24 heavy (non-hydrogen) atoms. The topological polar surface area (TPSA) is 61.9 Å². The molecular weight excluding hydrogens is 306 g/mol. The number of carbonyl (C=O) groups is 2. The normalized spacial score (nSPS) is 18.4. The van der Waals surface area contributed by atoms with Gasteiger partial charge in [0, 0.05) is 26.2 Å². The van der Waals surface area contributed by atoms with E-state index in [4.69, 9.17) is 4.74 Å². The van der Waals surface area contributed by atoms with Crippen LogP contribution in [0.2, 0.25) is 0 Å². The Kier molecular flexibility index (Phi) is 5.23. The van der Waals surface area contributed by atoms with Gasteiger partial charge >= 0.3 is 5.97 Å². The Bertz CT molecular complexity index is 597. The van der Waals surface area contributed by atoms with Gasteiger partial charge in [-0.3, -0.25) is 9.59 Å². The molecule has 0 bridgehead atoms. The van der Waals surface area contributed by atoms with Crippen LogP contribution in [0.15, 0.2) is 24.3 Å². The van der Waals surface area contributed by atoms with Gasteiger partial charge in [0.1, 0.15) is 0 Å². The maximum atomic E-state index is 12.7. The van der Waals surface area contributed by atoms with Gasteiger partial charge in [0.25, 0.3) is 0 Å². The van der Waals surface area contributed by atoms with Crippen molar-refractivity contribution < 1.29 is 14.3 Å². The van der Waals surface area contributed by atoms with E-state index < -0.39 is 0 Å². The minimum Gasteiger partial charge on any atom is -0.469 e. The van der Waals surface area contributed by atoms with E-state index in [9.17, 15) is 9.59 Å². The number of esters is 1. The van der Waals surface area contributed by atoms with Crippen molar-refractivity contribution >= 4 is 23.3 Å². The van der Waals surface area contributed by atoms with Crippen molar-refractivity contribution in [3.63, 3.8) is 0 Å². The van der Waals surface area contributed by atoms with E-state index in [2.05, 4.69) is 22.3 Å². The number of benzene rings is 1. The summed E-state index contributed by atoms with van der Waals surface area (Å²) >= 11 is 0. The Morgan fingerprint density at radius 1 is 1.21 bits per heavy atom. The van der Waals surface area contributed by atoms with Gasteiger partial charge in [-0.2, -0.15) is 0 Å². The third-order valence-electron chi connectivity index (χ3n) is 4.87. The van der Waals surface area contributed by atoms with Crippen LogP contribution < -0.4 is 10.2 Å². The first-order valence-corrected chi connectivity index (χ1v) is 8.62.